The van der Waals surface area contributed by atoms with Gasteiger partial charge in [-0.2, -0.15) is 0 Å². The van der Waals surface area contributed by atoms with Crippen molar-refractivity contribution in [1.82, 2.24) is 0 Å². The van der Waals surface area contributed by atoms with Crippen LogP contribution in [0.1, 0.15) is 16.7 Å². The highest BCUT2D eigenvalue weighted by Gasteiger charge is 2.23. The molecule has 2 rings (SSSR count). The summed E-state index contributed by atoms with van der Waals surface area (Å²) in [6, 6.07) is 11.9. The first-order valence-electron chi connectivity index (χ1n) is 7.24. The van der Waals surface area contributed by atoms with Crippen molar-refractivity contribution < 1.29 is 23.5 Å². The quantitative estimate of drug-likeness (QED) is 0.463. The highest BCUT2D eigenvalue weighted by atomic mass is 19.1. The Bertz CT molecular complexity index is 758. The van der Waals surface area contributed by atoms with Gasteiger partial charge < -0.3 is 14.3 Å². The third-order valence-electron chi connectivity index (χ3n) is 3.37. The van der Waals surface area contributed by atoms with Crippen molar-refractivity contribution in [2.24, 2.45) is 5.16 Å². The average Bonchev–Trinajstić information content (AvgIpc) is 2.59. The molecule has 0 fully saturated rings. The molecule has 0 saturated carbocycles. The molecule has 0 atom stereocenters. The van der Waals surface area contributed by atoms with Crippen LogP contribution in [0.3, 0.4) is 0 Å². The number of benzene rings is 2. The number of rotatable bonds is 6. The number of esters is 1. The molecule has 0 aliphatic rings. The lowest BCUT2D eigenvalue weighted by Gasteiger charge is -2.13. The van der Waals surface area contributed by atoms with Gasteiger partial charge in [0.25, 0.3) is 0 Å². The van der Waals surface area contributed by atoms with Gasteiger partial charge in [-0.1, -0.05) is 35.5 Å². The number of ether oxygens (including phenoxy) is 2. The largest absolute Gasteiger partial charge is 0.489 e. The molecule has 0 saturated heterocycles. The second kappa shape index (κ2) is 8.10. The number of carbonyl (C=O) groups excluding carboxylic acids is 1. The molecule has 0 amide bonds. The van der Waals surface area contributed by atoms with Crippen LogP contribution in [0.5, 0.6) is 5.75 Å². The lowest BCUT2D eigenvalue weighted by Crippen LogP contribution is -2.21. The van der Waals surface area contributed by atoms with E-state index in [1.54, 1.807) is 6.07 Å². The lowest BCUT2D eigenvalue weighted by molar-refractivity contribution is -0.132. The van der Waals surface area contributed by atoms with Gasteiger partial charge in [0.1, 0.15) is 25.3 Å². The molecule has 0 aliphatic heterocycles. The van der Waals surface area contributed by atoms with E-state index in [1.807, 2.05) is 31.2 Å². The van der Waals surface area contributed by atoms with Crippen LogP contribution in [0.2, 0.25) is 0 Å². The molecule has 24 heavy (non-hydrogen) atoms. The highest BCUT2D eigenvalue weighted by molar-refractivity contribution is 6.43. The molecule has 0 bridgehead atoms. The van der Waals surface area contributed by atoms with E-state index in [9.17, 15) is 9.18 Å². The zero-order valence-electron chi connectivity index (χ0n) is 13.7. The Morgan fingerprint density at radius 2 is 1.88 bits per heavy atom. The van der Waals surface area contributed by atoms with Gasteiger partial charge in [0.05, 0.1) is 12.7 Å². The zero-order valence-corrected chi connectivity index (χ0v) is 13.7. The first kappa shape index (κ1) is 17.5. The van der Waals surface area contributed by atoms with Crippen LogP contribution in [-0.2, 0) is 21.0 Å². The molecule has 0 aliphatic carbocycles. The summed E-state index contributed by atoms with van der Waals surface area (Å²) < 4.78 is 24.7. The minimum atomic E-state index is -0.793. The molecule has 126 valence electrons. The molecule has 0 radical (unpaired) electrons. The summed E-state index contributed by atoms with van der Waals surface area (Å²) in [5.41, 5.74) is 1.16. The fraction of sp³-hybridized carbons (Fsp3) is 0.222. The summed E-state index contributed by atoms with van der Waals surface area (Å²) in [6.07, 6.45) is 0. The normalized spacial score (nSPS) is 11.1. The van der Waals surface area contributed by atoms with E-state index in [4.69, 9.17) is 4.74 Å². The van der Waals surface area contributed by atoms with Gasteiger partial charge >= 0.3 is 5.97 Å². The third kappa shape index (κ3) is 3.90. The van der Waals surface area contributed by atoms with E-state index >= 15 is 0 Å². The number of hydrogen-bond donors (Lipinski definition) is 0. The Balaban J connectivity index is 2.37. The van der Waals surface area contributed by atoms with E-state index in [0.717, 1.165) is 5.56 Å². The van der Waals surface area contributed by atoms with Crippen molar-refractivity contribution in [1.29, 1.82) is 0 Å². The minimum absolute atomic E-state index is 0.000200. The standard InChI is InChI=1S/C18H18FNO4/c1-12-7-4-5-10-15(12)24-11-13-8-6-9-14(19)16(13)17(20-23-3)18(21)22-2/h4-10H,11H2,1-3H3/b20-17+. The summed E-state index contributed by atoms with van der Waals surface area (Å²) in [5, 5.41) is 3.61. The smallest absolute Gasteiger partial charge is 0.360 e. The van der Waals surface area contributed by atoms with Gasteiger partial charge in [0, 0.05) is 5.56 Å². The predicted molar refractivity (Wildman–Crippen MR) is 87.5 cm³/mol. The molecule has 2 aromatic rings. The monoisotopic (exact) mass is 331 g/mol. The van der Waals surface area contributed by atoms with Gasteiger partial charge in [-0.25, -0.2) is 9.18 Å². The van der Waals surface area contributed by atoms with E-state index in [0.29, 0.717) is 11.3 Å². The fourth-order valence-corrected chi connectivity index (χ4v) is 2.20. The van der Waals surface area contributed by atoms with E-state index < -0.39 is 11.8 Å². The maximum atomic E-state index is 14.3. The van der Waals surface area contributed by atoms with Crippen molar-refractivity contribution in [2.75, 3.05) is 14.2 Å². The maximum absolute atomic E-state index is 14.3. The summed E-state index contributed by atoms with van der Waals surface area (Å²) >= 11 is 0. The molecule has 5 nitrogen and oxygen atoms in total. The average molecular weight is 331 g/mol. The molecular weight excluding hydrogens is 313 g/mol. The van der Waals surface area contributed by atoms with Crippen molar-refractivity contribution in [2.45, 2.75) is 13.5 Å². The van der Waals surface area contributed by atoms with Gasteiger partial charge in [-0.05, 0) is 24.6 Å². The minimum Gasteiger partial charge on any atom is -0.489 e. The number of oxime groups is 1. The summed E-state index contributed by atoms with van der Waals surface area (Å²) in [5.74, 6) is -0.725. The van der Waals surface area contributed by atoms with Crippen molar-refractivity contribution in [3.05, 3.63) is 65.0 Å². The molecule has 0 aromatic heterocycles. The number of aryl methyl sites for hydroxylation is 1. The summed E-state index contributed by atoms with van der Waals surface area (Å²) in [6.45, 7) is 1.98. The molecule has 2 aromatic carbocycles. The van der Waals surface area contributed by atoms with Crippen molar-refractivity contribution in [3.63, 3.8) is 0 Å². The Labute approximate surface area is 139 Å². The third-order valence-corrected chi connectivity index (χ3v) is 3.37. The molecule has 0 unspecified atom stereocenters. The van der Waals surface area contributed by atoms with Gasteiger partial charge in [0.2, 0.25) is 0 Å². The van der Waals surface area contributed by atoms with E-state index in [2.05, 4.69) is 14.7 Å². The van der Waals surface area contributed by atoms with E-state index in [1.165, 1.54) is 26.4 Å². The first-order valence-corrected chi connectivity index (χ1v) is 7.24. The fourth-order valence-electron chi connectivity index (χ4n) is 2.20. The zero-order chi connectivity index (χ0) is 17.5. The second-order valence-corrected chi connectivity index (χ2v) is 4.94. The molecule has 0 heterocycles. The number of carbonyl (C=O) groups is 1. The van der Waals surface area contributed by atoms with Gasteiger partial charge in [0.15, 0.2) is 5.71 Å². The van der Waals surface area contributed by atoms with Crippen LogP contribution in [0.25, 0.3) is 0 Å². The topological polar surface area (TPSA) is 57.1 Å². The van der Waals surface area contributed by atoms with Gasteiger partial charge in [-0.15, -0.1) is 0 Å². The van der Waals surface area contributed by atoms with Crippen LogP contribution < -0.4 is 4.74 Å². The summed E-state index contributed by atoms with van der Waals surface area (Å²) in [4.78, 5) is 16.5. The number of nitrogens with zero attached hydrogens (tertiary/aromatic N) is 1. The predicted octanol–water partition coefficient (Wildman–Crippen LogP) is 3.24. The second-order valence-electron chi connectivity index (χ2n) is 4.94. The van der Waals surface area contributed by atoms with E-state index in [-0.39, 0.29) is 17.9 Å². The number of halogens is 1. The Kier molecular flexibility index (Phi) is 5.89. The van der Waals surface area contributed by atoms with Gasteiger partial charge in [-0.3, -0.25) is 0 Å². The molecule has 0 N–H and O–H groups in total. The maximum Gasteiger partial charge on any atom is 0.360 e. The van der Waals surface area contributed by atoms with Crippen LogP contribution in [-0.4, -0.2) is 25.9 Å². The van der Waals surface area contributed by atoms with Crippen molar-refractivity contribution in [3.8, 4) is 5.75 Å². The lowest BCUT2D eigenvalue weighted by atomic mass is 10.0. The molecule has 0 spiro atoms. The Morgan fingerprint density at radius 3 is 2.54 bits per heavy atom. The number of para-hydroxylation sites is 1. The first-order chi connectivity index (χ1) is 11.6. The van der Waals surface area contributed by atoms with Crippen LogP contribution in [0, 0.1) is 12.7 Å². The van der Waals surface area contributed by atoms with Crippen molar-refractivity contribution >= 4 is 11.7 Å². The Hall–Kier alpha value is -2.89. The number of methoxy groups -OCH3 is 1. The van der Waals surface area contributed by atoms with Crippen LogP contribution >= 0.6 is 0 Å². The van der Waals surface area contributed by atoms with Crippen LogP contribution in [0.15, 0.2) is 47.6 Å². The highest BCUT2D eigenvalue weighted by Crippen LogP contribution is 2.21. The molecular formula is C18H18FNO4. The molecule has 6 heteroatoms. The Morgan fingerprint density at radius 1 is 1.12 bits per heavy atom. The van der Waals surface area contributed by atoms with Crippen LogP contribution in [0.4, 0.5) is 4.39 Å². The SMILES string of the molecule is CO/N=C(/C(=O)OC)c1c(F)cccc1COc1ccccc1C. The number of hydrogen-bond acceptors (Lipinski definition) is 5. The summed E-state index contributed by atoms with van der Waals surface area (Å²) in [7, 11) is 2.46.